The van der Waals surface area contributed by atoms with Gasteiger partial charge in [-0.15, -0.1) is 0 Å². The van der Waals surface area contributed by atoms with Gasteiger partial charge in [-0.25, -0.2) is 17.2 Å². The van der Waals surface area contributed by atoms with Crippen LogP contribution in [-0.4, -0.2) is 105 Å². The summed E-state index contributed by atoms with van der Waals surface area (Å²) in [7, 11) is -0.0417. The van der Waals surface area contributed by atoms with E-state index in [0.717, 1.165) is 75.6 Å². The highest BCUT2D eigenvalue weighted by Crippen LogP contribution is 2.38. The van der Waals surface area contributed by atoms with Crippen molar-refractivity contribution in [1.82, 2.24) is 24.3 Å². The number of benzene rings is 2. The normalized spacial score (nSPS) is 20.0. The number of nitrogens with one attached hydrogen (secondary N) is 3. The van der Waals surface area contributed by atoms with Crippen LogP contribution >= 0.6 is 0 Å². The maximum atomic E-state index is 14.0. The fourth-order valence-corrected chi connectivity index (χ4v) is 8.20. The average molecular weight is 657 g/mol. The number of rotatable bonds is 7. The van der Waals surface area contributed by atoms with Gasteiger partial charge in [-0.1, -0.05) is 13.8 Å². The van der Waals surface area contributed by atoms with Crippen molar-refractivity contribution < 1.29 is 22.0 Å². The maximum absolute atomic E-state index is 14.0. The molecule has 0 spiro atoms. The first-order chi connectivity index (χ1) is 21.8. The molecule has 0 atom stereocenters. The van der Waals surface area contributed by atoms with Crippen molar-refractivity contribution in [3.63, 3.8) is 0 Å². The molecule has 0 radical (unpaired) electrons. The van der Waals surface area contributed by atoms with Gasteiger partial charge in [0, 0.05) is 79.4 Å². The highest BCUT2D eigenvalue weighted by molar-refractivity contribution is 7.89. The Morgan fingerprint density at radius 1 is 0.957 bits per heavy atom. The molecule has 2 fully saturated rings. The van der Waals surface area contributed by atoms with Crippen LogP contribution in [0.2, 0.25) is 0 Å². The number of amides is 1. The predicted molar refractivity (Wildman–Crippen MR) is 174 cm³/mol. The van der Waals surface area contributed by atoms with Crippen LogP contribution in [0.1, 0.15) is 48.3 Å². The first kappa shape index (κ1) is 32.4. The molecule has 248 valence electrons. The molecule has 0 unspecified atom stereocenters. The van der Waals surface area contributed by atoms with Gasteiger partial charge >= 0.3 is 0 Å². The Morgan fingerprint density at radius 3 is 2.28 bits per heavy atom. The van der Waals surface area contributed by atoms with Crippen LogP contribution in [0.15, 0.2) is 41.3 Å². The minimum Gasteiger partial charge on any atom is -0.382 e. The molecule has 1 amide bonds. The summed E-state index contributed by atoms with van der Waals surface area (Å²) in [4.78, 5) is 20.4. The SMILES string of the molecule is CN1CCC(Nc2cc(N3CCN(C)CC3)ccc2C(=O)Nc2n[nH]c3c2CN(S(=O)(=O)c2cc(F)cc(F)c2)CC3(C)C)CC1. The molecular formula is C32H42F2N8O3S. The monoisotopic (exact) mass is 656 g/mol. The number of aromatic amines is 1. The quantitative estimate of drug-likeness (QED) is 0.353. The molecule has 1 aromatic heterocycles. The molecule has 2 aromatic carbocycles. The van der Waals surface area contributed by atoms with Crippen molar-refractivity contribution in [2.75, 3.05) is 75.4 Å². The van der Waals surface area contributed by atoms with E-state index >= 15 is 0 Å². The Balaban J connectivity index is 1.28. The number of sulfonamides is 1. The minimum atomic E-state index is -4.26. The summed E-state index contributed by atoms with van der Waals surface area (Å²) in [5.41, 5.74) is 2.72. The molecule has 14 heteroatoms. The summed E-state index contributed by atoms with van der Waals surface area (Å²) in [5, 5.41) is 14.0. The summed E-state index contributed by atoms with van der Waals surface area (Å²) < 4.78 is 56.3. The first-order valence-corrected chi connectivity index (χ1v) is 17.1. The number of nitrogens with zero attached hydrogens (tertiary/aromatic N) is 5. The number of piperidine rings is 1. The molecule has 46 heavy (non-hydrogen) atoms. The van der Waals surface area contributed by atoms with Crippen LogP contribution in [0, 0.1) is 11.6 Å². The number of likely N-dealkylation sites (N-methyl/N-ethyl adjacent to an activating group) is 1. The fraction of sp³-hybridized carbons (Fsp3) is 0.500. The highest BCUT2D eigenvalue weighted by Gasteiger charge is 2.41. The van der Waals surface area contributed by atoms with Crippen molar-refractivity contribution in [3.05, 3.63) is 64.9 Å². The number of H-pyrrole nitrogens is 1. The highest BCUT2D eigenvalue weighted by atomic mass is 32.2. The standard InChI is InChI=1S/C32H42F2N8O3S/c1-32(2)20-42(46(44,45)25-16-21(33)15-22(34)17-25)19-27-29(32)37-38-30(27)36-31(43)26-6-5-24(41-13-11-40(4)12-14-41)18-28(26)35-23-7-9-39(3)10-8-23/h5-6,15-18,23,35H,7-14,19-20H2,1-4H3,(H2,36,37,38,43). The zero-order valence-electron chi connectivity index (χ0n) is 26.7. The van der Waals surface area contributed by atoms with Crippen LogP contribution < -0.4 is 15.5 Å². The van der Waals surface area contributed by atoms with Gasteiger partial charge in [0.1, 0.15) is 11.6 Å². The number of anilines is 3. The van der Waals surface area contributed by atoms with E-state index in [4.69, 9.17) is 0 Å². The number of hydrogen-bond donors (Lipinski definition) is 3. The zero-order valence-corrected chi connectivity index (χ0v) is 27.6. The van der Waals surface area contributed by atoms with E-state index in [9.17, 15) is 22.0 Å². The molecule has 2 saturated heterocycles. The van der Waals surface area contributed by atoms with Crippen LogP contribution in [0.5, 0.6) is 0 Å². The summed E-state index contributed by atoms with van der Waals surface area (Å²) in [6, 6.07) is 8.32. The van der Waals surface area contributed by atoms with E-state index in [1.54, 1.807) is 0 Å². The molecule has 0 aliphatic carbocycles. The van der Waals surface area contributed by atoms with Crippen molar-refractivity contribution in [2.24, 2.45) is 0 Å². The first-order valence-electron chi connectivity index (χ1n) is 15.7. The lowest BCUT2D eigenvalue weighted by molar-refractivity contribution is 0.102. The van der Waals surface area contributed by atoms with Gasteiger partial charge in [0.05, 0.1) is 10.5 Å². The number of halogens is 2. The molecule has 0 bridgehead atoms. The van der Waals surface area contributed by atoms with Gasteiger partial charge in [-0.05, 0) is 70.4 Å². The van der Waals surface area contributed by atoms with E-state index in [1.807, 2.05) is 32.0 Å². The van der Waals surface area contributed by atoms with Gasteiger partial charge in [0.2, 0.25) is 10.0 Å². The van der Waals surface area contributed by atoms with E-state index in [0.29, 0.717) is 22.9 Å². The number of likely N-dealkylation sites (tertiary alicyclic amines) is 1. The van der Waals surface area contributed by atoms with Gasteiger partial charge in [0.25, 0.3) is 5.91 Å². The van der Waals surface area contributed by atoms with Crippen molar-refractivity contribution in [2.45, 2.75) is 49.6 Å². The van der Waals surface area contributed by atoms with Gasteiger partial charge in [-0.2, -0.15) is 9.40 Å². The molecule has 11 nitrogen and oxygen atoms in total. The lowest BCUT2D eigenvalue weighted by atomic mass is 9.84. The molecular weight excluding hydrogens is 614 g/mol. The third kappa shape index (κ3) is 6.61. The topological polar surface area (TPSA) is 117 Å². The molecule has 0 saturated carbocycles. The molecule has 3 N–H and O–H groups in total. The lowest BCUT2D eigenvalue weighted by Crippen LogP contribution is -2.45. The second-order valence-electron chi connectivity index (χ2n) is 13.4. The lowest BCUT2D eigenvalue weighted by Gasteiger charge is -2.37. The molecule has 6 rings (SSSR count). The minimum absolute atomic E-state index is 0.0500. The maximum Gasteiger partial charge on any atom is 0.258 e. The number of carbonyl (C=O) groups is 1. The largest absolute Gasteiger partial charge is 0.382 e. The van der Waals surface area contributed by atoms with E-state index in [1.165, 1.54) is 4.31 Å². The summed E-state index contributed by atoms with van der Waals surface area (Å²) in [6.07, 6.45) is 1.91. The van der Waals surface area contributed by atoms with Crippen molar-refractivity contribution in [3.8, 4) is 0 Å². The van der Waals surface area contributed by atoms with E-state index in [2.05, 4.69) is 49.6 Å². The smallest absolute Gasteiger partial charge is 0.258 e. The third-order valence-corrected chi connectivity index (χ3v) is 11.1. The van der Waals surface area contributed by atoms with E-state index < -0.39 is 32.0 Å². The van der Waals surface area contributed by atoms with E-state index in [-0.39, 0.29) is 30.9 Å². The Hall–Kier alpha value is -3.59. The van der Waals surface area contributed by atoms with Gasteiger partial charge in [-0.3, -0.25) is 9.89 Å². The summed E-state index contributed by atoms with van der Waals surface area (Å²) in [6.45, 7) is 9.27. The van der Waals surface area contributed by atoms with Crippen molar-refractivity contribution in [1.29, 1.82) is 0 Å². The second kappa shape index (κ2) is 12.5. The third-order valence-electron chi connectivity index (χ3n) is 9.35. The fourth-order valence-electron chi connectivity index (χ4n) is 6.59. The Bertz CT molecular complexity index is 1690. The molecule has 3 aliphatic rings. The Kier molecular flexibility index (Phi) is 8.83. The summed E-state index contributed by atoms with van der Waals surface area (Å²) in [5.74, 6) is -2.11. The predicted octanol–water partition coefficient (Wildman–Crippen LogP) is 3.68. The number of carbonyl (C=O) groups excluding carboxylic acids is 1. The number of fused-ring (bicyclic) bond motifs is 1. The van der Waals surface area contributed by atoms with Gasteiger partial charge < -0.3 is 25.3 Å². The average Bonchev–Trinajstić information content (AvgIpc) is 3.41. The van der Waals surface area contributed by atoms with Crippen LogP contribution in [0.4, 0.5) is 26.0 Å². The van der Waals surface area contributed by atoms with Crippen molar-refractivity contribution >= 4 is 33.1 Å². The number of piperazine rings is 1. The van der Waals surface area contributed by atoms with Gasteiger partial charge in [0.15, 0.2) is 5.82 Å². The zero-order chi connectivity index (χ0) is 32.8. The second-order valence-corrected chi connectivity index (χ2v) is 15.3. The Labute approximate surface area is 269 Å². The summed E-state index contributed by atoms with van der Waals surface area (Å²) >= 11 is 0. The van der Waals surface area contributed by atoms with Crippen LogP contribution in [-0.2, 0) is 22.0 Å². The number of hydrogen-bond acceptors (Lipinski definition) is 8. The van der Waals surface area contributed by atoms with Crippen LogP contribution in [0.3, 0.4) is 0 Å². The number of aromatic nitrogens is 2. The van der Waals surface area contributed by atoms with Crippen LogP contribution in [0.25, 0.3) is 0 Å². The molecule has 3 aliphatic heterocycles. The molecule has 3 aromatic rings. The molecule has 4 heterocycles. The Morgan fingerprint density at radius 2 is 1.61 bits per heavy atom.